The van der Waals surface area contributed by atoms with Crippen LogP contribution in [0.25, 0.3) is 0 Å². The summed E-state index contributed by atoms with van der Waals surface area (Å²) in [5.41, 5.74) is 1.10. The molecule has 0 saturated carbocycles. The highest BCUT2D eigenvalue weighted by Gasteiger charge is 2.39. The van der Waals surface area contributed by atoms with Gasteiger partial charge in [0.1, 0.15) is 5.75 Å². The summed E-state index contributed by atoms with van der Waals surface area (Å²) in [4.78, 5) is 10.1. The summed E-state index contributed by atoms with van der Waals surface area (Å²) < 4.78 is 9.79. The van der Waals surface area contributed by atoms with E-state index in [2.05, 4.69) is 5.32 Å². The highest BCUT2D eigenvalue weighted by Crippen LogP contribution is 2.30. The molecule has 0 aromatic heterocycles. The molecule has 0 amide bonds. The Morgan fingerprint density at radius 2 is 2.07 bits per heavy atom. The standard InChI is InChI=1S/C10H11NO3/c1-13-8-4-2-7(3-5-8)9-10(11-9)14-6-12/h2-6,9-11H,1H3/t9?,10-/m0/s1. The molecule has 0 bridgehead atoms. The van der Waals surface area contributed by atoms with Gasteiger partial charge in [-0.2, -0.15) is 0 Å². The molecule has 4 nitrogen and oxygen atoms in total. The molecule has 1 unspecified atom stereocenters. The summed E-state index contributed by atoms with van der Waals surface area (Å²) >= 11 is 0. The molecule has 1 fully saturated rings. The Bertz CT molecular complexity index is 323. The Balaban J connectivity index is 2.01. The second kappa shape index (κ2) is 3.67. The van der Waals surface area contributed by atoms with Crippen molar-refractivity contribution in [3.8, 4) is 5.75 Å². The molecule has 1 heterocycles. The van der Waals surface area contributed by atoms with E-state index in [0.29, 0.717) is 6.47 Å². The molecule has 2 atom stereocenters. The summed E-state index contributed by atoms with van der Waals surface area (Å²) in [6, 6.07) is 7.79. The van der Waals surface area contributed by atoms with Crippen LogP contribution in [0.2, 0.25) is 0 Å². The quantitative estimate of drug-likeness (QED) is 0.568. The number of benzene rings is 1. The average molecular weight is 193 g/mol. The molecule has 1 aromatic carbocycles. The molecule has 1 aliphatic rings. The predicted octanol–water partition coefficient (Wildman–Crippen LogP) is 0.839. The van der Waals surface area contributed by atoms with Gasteiger partial charge in [-0.15, -0.1) is 0 Å². The first-order valence-electron chi connectivity index (χ1n) is 4.34. The van der Waals surface area contributed by atoms with Crippen LogP contribution < -0.4 is 10.1 Å². The maximum Gasteiger partial charge on any atom is 0.294 e. The second-order valence-corrected chi connectivity index (χ2v) is 3.07. The van der Waals surface area contributed by atoms with Gasteiger partial charge in [0.2, 0.25) is 0 Å². The number of rotatable bonds is 4. The minimum Gasteiger partial charge on any atom is -0.497 e. The molecule has 74 valence electrons. The topological polar surface area (TPSA) is 57.5 Å². The molecule has 0 spiro atoms. The third-order valence-corrected chi connectivity index (χ3v) is 2.21. The van der Waals surface area contributed by atoms with Crippen LogP contribution in [0.1, 0.15) is 11.6 Å². The number of ether oxygens (including phenoxy) is 2. The first-order valence-corrected chi connectivity index (χ1v) is 4.34. The number of nitrogens with one attached hydrogen (secondary N) is 1. The molecule has 4 heteroatoms. The third kappa shape index (κ3) is 1.70. The van der Waals surface area contributed by atoms with Gasteiger partial charge in [0.05, 0.1) is 13.2 Å². The van der Waals surface area contributed by atoms with E-state index < -0.39 is 0 Å². The van der Waals surface area contributed by atoms with Crippen LogP contribution in [0.15, 0.2) is 24.3 Å². The lowest BCUT2D eigenvalue weighted by molar-refractivity contribution is -0.130. The molecular weight excluding hydrogens is 182 g/mol. The fourth-order valence-electron chi connectivity index (χ4n) is 1.38. The highest BCUT2D eigenvalue weighted by atomic mass is 16.6. The van der Waals surface area contributed by atoms with Crippen LogP contribution in [0.5, 0.6) is 5.75 Å². The lowest BCUT2D eigenvalue weighted by atomic mass is 10.1. The molecule has 14 heavy (non-hydrogen) atoms. The van der Waals surface area contributed by atoms with Gasteiger partial charge in [0.15, 0.2) is 6.23 Å². The molecule has 0 aliphatic carbocycles. The number of carbonyl (C=O) groups is 1. The van der Waals surface area contributed by atoms with Crippen molar-refractivity contribution in [2.75, 3.05) is 7.11 Å². The number of hydrogen-bond acceptors (Lipinski definition) is 4. The Morgan fingerprint density at radius 3 is 2.64 bits per heavy atom. The Hall–Kier alpha value is -1.55. The first-order chi connectivity index (χ1) is 6.85. The fraction of sp³-hybridized carbons (Fsp3) is 0.300. The summed E-state index contributed by atoms with van der Waals surface area (Å²) in [7, 11) is 1.63. The van der Waals surface area contributed by atoms with Crippen LogP contribution >= 0.6 is 0 Å². The molecule has 1 N–H and O–H groups in total. The SMILES string of the molecule is COc1ccc(C2N[C@H]2OC=O)cc1. The highest BCUT2D eigenvalue weighted by molar-refractivity contribution is 5.40. The molecule has 1 saturated heterocycles. The van der Waals surface area contributed by atoms with Gasteiger partial charge in [-0.25, -0.2) is 0 Å². The van der Waals surface area contributed by atoms with E-state index in [-0.39, 0.29) is 12.3 Å². The van der Waals surface area contributed by atoms with E-state index in [1.807, 2.05) is 24.3 Å². The number of carbonyl (C=O) groups excluding carboxylic acids is 1. The zero-order valence-electron chi connectivity index (χ0n) is 7.77. The molecule has 2 rings (SSSR count). The maximum absolute atomic E-state index is 10.1. The minimum atomic E-state index is -0.166. The van der Waals surface area contributed by atoms with Gasteiger partial charge in [-0.3, -0.25) is 10.1 Å². The van der Waals surface area contributed by atoms with Crippen LogP contribution in [0, 0.1) is 0 Å². The van der Waals surface area contributed by atoms with Gasteiger partial charge in [0, 0.05) is 0 Å². The molecule has 1 aromatic rings. The maximum atomic E-state index is 10.1. The van der Waals surface area contributed by atoms with E-state index in [0.717, 1.165) is 11.3 Å². The van der Waals surface area contributed by atoms with E-state index in [4.69, 9.17) is 9.47 Å². The lowest BCUT2D eigenvalue weighted by Gasteiger charge is -2.00. The van der Waals surface area contributed by atoms with Crippen molar-refractivity contribution in [3.05, 3.63) is 29.8 Å². The van der Waals surface area contributed by atoms with Gasteiger partial charge >= 0.3 is 0 Å². The minimum absolute atomic E-state index is 0.131. The Morgan fingerprint density at radius 1 is 1.36 bits per heavy atom. The van der Waals surface area contributed by atoms with Gasteiger partial charge < -0.3 is 9.47 Å². The first kappa shape index (κ1) is 9.02. The molecule has 1 aliphatic heterocycles. The van der Waals surface area contributed by atoms with Gasteiger partial charge in [-0.05, 0) is 17.7 Å². The van der Waals surface area contributed by atoms with E-state index in [1.165, 1.54) is 0 Å². The van der Waals surface area contributed by atoms with Crippen molar-refractivity contribution >= 4 is 6.47 Å². The van der Waals surface area contributed by atoms with Crippen molar-refractivity contribution in [2.45, 2.75) is 12.3 Å². The van der Waals surface area contributed by atoms with Crippen LogP contribution in [0.3, 0.4) is 0 Å². The predicted molar refractivity (Wildman–Crippen MR) is 49.8 cm³/mol. The van der Waals surface area contributed by atoms with Crippen molar-refractivity contribution in [2.24, 2.45) is 0 Å². The summed E-state index contributed by atoms with van der Waals surface area (Å²) in [6.45, 7) is 0.460. The van der Waals surface area contributed by atoms with Crippen molar-refractivity contribution < 1.29 is 14.3 Å². The number of methoxy groups -OCH3 is 1. The van der Waals surface area contributed by atoms with Crippen molar-refractivity contribution in [3.63, 3.8) is 0 Å². The Labute approximate surface area is 81.8 Å². The van der Waals surface area contributed by atoms with E-state index >= 15 is 0 Å². The van der Waals surface area contributed by atoms with Crippen LogP contribution in [-0.2, 0) is 9.53 Å². The van der Waals surface area contributed by atoms with Gasteiger partial charge in [-0.1, -0.05) is 12.1 Å². The van der Waals surface area contributed by atoms with E-state index in [9.17, 15) is 4.79 Å². The lowest BCUT2D eigenvalue weighted by Crippen LogP contribution is -1.95. The summed E-state index contributed by atoms with van der Waals surface area (Å²) in [5.74, 6) is 0.822. The van der Waals surface area contributed by atoms with Gasteiger partial charge in [0.25, 0.3) is 6.47 Å². The Kier molecular flexibility index (Phi) is 2.37. The van der Waals surface area contributed by atoms with Crippen LogP contribution in [0.4, 0.5) is 0 Å². The molecule has 0 radical (unpaired) electrons. The second-order valence-electron chi connectivity index (χ2n) is 3.07. The monoisotopic (exact) mass is 193 g/mol. The normalized spacial score (nSPS) is 24.1. The van der Waals surface area contributed by atoms with E-state index in [1.54, 1.807) is 7.11 Å². The molecular formula is C10H11NO3. The average Bonchev–Trinajstić information content (AvgIpc) is 2.98. The van der Waals surface area contributed by atoms with Crippen LogP contribution in [-0.4, -0.2) is 19.8 Å². The van der Waals surface area contributed by atoms with Crippen molar-refractivity contribution in [1.82, 2.24) is 5.32 Å². The number of hydrogen-bond donors (Lipinski definition) is 1. The zero-order chi connectivity index (χ0) is 9.97. The third-order valence-electron chi connectivity index (χ3n) is 2.21. The smallest absolute Gasteiger partial charge is 0.294 e. The summed E-state index contributed by atoms with van der Waals surface area (Å²) in [6.07, 6.45) is -0.166. The largest absolute Gasteiger partial charge is 0.497 e. The van der Waals surface area contributed by atoms with Crippen molar-refractivity contribution in [1.29, 1.82) is 0 Å². The fourth-order valence-corrected chi connectivity index (χ4v) is 1.38. The zero-order valence-corrected chi connectivity index (χ0v) is 7.77. The summed E-state index contributed by atoms with van der Waals surface area (Å²) in [5, 5.41) is 3.03.